The Hall–Kier alpha value is -0.340. The van der Waals surface area contributed by atoms with E-state index in [1.165, 1.54) is 15.6 Å². The Morgan fingerprint density at radius 2 is 1.94 bits per heavy atom. The number of halogens is 1. The van der Waals surface area contributed by atoms with Crippen LogP contribution in [0.4, 0.5) is 0 Å². The number of aryl methyl sites for hydroxylation is 1. The summed E-state index contributed by atoms with van der Waals surface area (Å²) in [6.07, 6.45) is 0. The molecule has 1 unspecified atom stereocenters. The van der Waals surface area contributed by atoms with Crippen molar-refractivity contribution in [3.05, 3.63) is 33.8 Å². The monoisotopic (exact) mass is 283 g/mol. The lowest BCUT2D eigenvalue weighted by Crippen LogP contribution is -2.32. The quantitative estimate of drug-likeness (QED) is 0.864. The number of nitrogens with one attached hydrogen (secondary N) is 1. The summed E-state index contributed by atoms with van der Waals surface area (Å²) >= 11 is 3.70. The van der Waals surface area contributed by atoms with Gasteiger partial charge in [-0.15, -0.1) is 0 Å². The number of rotatable bonds is 3. The Bertz CT molecular complexity index is 352. The smallest absolute Gasteiger partial charge is 0.0380 e. The van der Waals surface area contributed by atoms with Crippen molar-refractivity contribution in [1.29, 1.82) is 0 Å². The molecular formula is C14H22BrN. The van der Waals surface area contributed by atoms with Crippen LogP contribution in [-0.4, -0.2) is 6.54 Å². The predicted octanol–water partition coefficient (Wildman–Crippen LogP) is 4.45. The van der Waals surface area contributed by atoms with Crippen molar-refractivity contribution in [3.8, 4) is 0 Å². The topological polar surface area (TPSA) is 12.0 Å². The first-order valence-corrected chi connectivity index (χ1v) is 6.65. The first kappa shape index (κ1) is 13.7. The van der Waals surface area contributed by atoms with Crippen molar-refractivity contribution in [2.45, 2.75) is 40.7 Å². The fourth-order valence-electron chi connectivity index (χ4n) is 1.98. The van der Waals surface area contributed by atoms with Crippen molar-refractivity contribution in [2.24, 2.45) is 5.41 Å². The van der Waals surface area contributed by atoms with E-state index < -0.39 is 0 Å². The van der Waals surface area contributed by atoms with Gasteiger partial charge in [-0.3, -0.25) is 0 Å². The van der Waals surface area contributed by atoms with E-state index in [1.54, 1.807) is 0 Å². The van der Waals surface area contributed by atoms with Gasteiger partial charge in [-0.1, -0.05) is 61.8 Å². The molecule has 0 aromatic heterocycles. The molecule has 2 heteroatoms. The zero-order valence-corrected chi connectivity index (χ0v) is 12.5. The van der Waals surface area contributed by atoms with E-state index in [4.69, 9.17) is 0 Å². The van der Waals surface area contributed by atoms with Crippen LogP contribution in [0.15, 0.2) is 22.7 Å². The number of benzene rings is 1. The lowest BCUT2D eigenvalue weighted by Gasteiger charge is -2.33. The number of hydrogen-bond acceptors (Lipinski definition) is 1. The molecule has 0 bridgehead atoms. The summed E-state index contributed by atoms with van der Waals surface area (Å²) in [5.41, 5.74) is 2.87. The molecule has 1 rings (SSSR count). The molecule has 90 valence electrons. The fraction of sp³-hybridized carbons (Fsp3) is 0.571. The van der Waals surface area contributed by atoms with Crippen LogP contribution in [0.1, 0.15) is 44.9 Å². The van der Waals surface area contributed by atoms with Crippen LogP contribution >= 0.6 is 15.9 Å². The third-order valence-electron chi connectivity index (χ3n) is 2.81. The van der Waals surface area contributed by atoms with Gasteiger partial charge in [-0.05, 0) is 30.0 Å². The molecule has 0 saturated carbocycles. The molecule has 16 heavy (non-hydrogen) atoms. The second-order valence-corrected chi connectivity index (χ2v) is 6.13. The standard InChI is InChI=1S/C14H22BrN/c1-6-16-13(14(3,4)5)11-9-7-8-10(2)12(11)15/h7-9,13,16H,6H2,1-5H3. The van der Waals surface area contributed by atoms with Crippen LogP contribution < -0.4 is 5.32 Å². The highest BCUT2D eigenvalue weighted by Gasteiger charge is 2.27. The minimum Gasteiger partial charge on any atom is -0.310 e. The molecule has 1 aromatic rings. The molecule has 0 saturated heterocycles. The lowest BCUT2D eigenvalue weighted by molar-refractivity contribution is 0.276. The zero-order chi connectivity index (χ0) is 12.3. The summed E-state index contributed by atoms with van der Waals surface area (Å²) in [4.78, 5) is 0. The Balaban J connectivity index is 3.16. The van der Waals surface area contributed by atoms with Crippen LogP contribution in [0.25, 0.3) is 0 Å². The van der Waals surface area contributed by atoms with Crippen LogP contribution in [0, 0.1) is 12.3 Å². The van der Waals surface area contributed by atoms with Gasteiger partial charge in [0.15, 0.2) is 0 Å². The predicted molar refractivity (Wildman–Crippen MR) is 74.8 cm³/mol. The Morgan fingerprint density at radius 3 is 2.44 bits per heavy atom. The van der Waals surface area contributed by atoms with E-state index in [-0.39, 0.29) is 5.41 Å². The normalized spacial score (nSPS) is 13.9. The molecule has 1 N–H and O–H groups in total. The minimum absolute atomic E-state index is 0.215. The highest BCUT2D eigenvalue weighted by atomic mass is 79.9. The molecule has 0 aliphatic rings. The molecule has 0 amide bonds. The largest absolute Gasteiger partial charge is 0.310 e. The van der Waals surface area contributed by atoms with Gasteiger partial charge >= 0.3 is 0 Å². The average molecular weight is 284 g/mol. The average Bonchev–Trinajstić information content (AvgIpc) is 2.18. The van der Waals surface area contributed by atoms with Crippen molar-refractivity contribution >= 4 is 15.9 Å². The molecular weight excluding hydrogens is 262 g/mol. The maximum atomic E-state index is 3.70. The maximum absolute atomic E-state index is 3.70. The zero-order valence-electron chi connectivity index (χ0n) is 10.9. The van der Waals surface area contributed by atoms with E-state index in [0.717, 1.165) is 6.54 Å². The van der Waals surface area contributed by atoms with Gasteiger partial charge in [0.2, 0.25) is 0 Å². The van der Waals surface area contributed by atoms with Crippen molar-refractivity contribution in [1.82, 2.24) is 5.32 Å². The van der Waals surface area contributed by atoms with Gasteiger partial charge < -0.3 is 5.32 Å². The summed E-state index contributed by atoms with van der Waals surface area (Å²) < 4.78 is 1.23. The molecule has 1 aromatic carbocycles. The van der Waals surface area contributed by atoms with Gasteiger partial charge in [-0.2, -0.15) is 0 Å². The summed E-state index contributed by atoms with van der Waals surface area (Å²) in [5.74, 6) is 0. The van der Waals surface area contributed by atoms with Crippen LogP contribution in [0.2, 0.25) is 0 Å². The van der Waals surface area contributed by atoms with E-state index in [9.17, 15) is 0 Å². The third-order valence-corrected chi connectivity index (χ3v) is 3.89. The number of hydrogen-bond donors (Lipinski definition) is 1. The highest BCUT2D eigenvalue weighted by molar-refractivity contribution is 9.10. The first-order valence-electron chi connectivity index (χ1n) is 5.86. The van der Waals surface area contributed by atoms with E-state index in [2.05, 4.69) is 74.1 Å². The van der Waals surface area contributed by atoms with Crippen molar-refractivity contribution in [3.63, 3.8) is 0 Å². The lowest BCUT2D eigenvalue weighted by atomic mass is 9.82. The summed E-state index contributed by atoms with van der Waals surface area (Å²) in [6.45, 7) is 12.1. The van der Waals surface area contributed by atoms with E-state index in [1.807, 2.05) is 0 Å². The summed E-state index contributed by atoms with van der Waals surface area (Å²) in [5, 5.41) is 3.58. The fourth-order valence-corrected chi connectivity index (χ4v) is 2.47. The van der Waals surface area contributed by atoms with Gasteiger partial charge in [0.25, 0.3) is 0 Å². The van der Waals surface area contributed by atoms with Gasteiger partial charge in [0.05, 0.1) is 0 Å². The molecule has 1 atom stereocenters. The molecule has 0 fully saturated rings. The Labute approximate surface area is 108 Å². The molecule has 0 heterocycles. The van der Waals surface area contributed by atoms with Crippen LogP contribution in [-0.2, 0) is 0 Å². The molecule has 1 nitrogen and oxygen atoms in total. The molecule has 0 spiro atoms. The van der Waals surface area contributed by atoms with E-state index >= 15 is 0 Å². The van der Waals surface area contributed by atoms with E-state index in [0.29, 0.717) is 6.04 Å². The second-order valence-electron chi connectivity index (χ2n) is 5.33. The van der Waals surface area contributed by atoms with Crippen molar-refractivity contribution < 1.29 is 0 Å². The van der Waals surface area contributed by atoms with Gasteiger partial charge in [0, 0.05) is 10.5 Å². The third kappa shape index (κ3) is 3.08. The van der Waals surface area contributed by atoms with Crippen LogP contribution in [0.5, 0.6) is 0 Å². The molecule has 0 radical (unpaired) electrons. The summed E-state index contributed by atoms with van der Waals surface area (Å²) in [7, 11) is 0. The first-order chi connectivity index (χ1) is 7.38. The maximum Gasteiger partial charge on any atom is 0.0380 e. The highest BCUT2D eigenvalue weighted by Crippen LogP contribution is 2.37. The Kier molecular flexibility index (Phi) is 4.57. The van der Waals surface area contributed by atoms with Crippen LogP contribution in [0.3, 0.4) is 0 Å². The van der Waals surface area contributed by atoms with Crippen molar-refractivity contribution in [2.75, 3.05) is 6.54 Å². The summed E-state index contributed by atoms with van der Waals surface area (Å²) in [6, 6.07) is 6.85. The Morgan fingerprint density at radius 1 is 1.31 bits per heavy atom. The SMILES string of the molecule is CCNC(c1cccc(C)c1Br)C(C)(C)C. The second kappa shape index (κ2) is 5.33. The molecule has 0 aliphatic carbocycles. The van der Waals surface area contributed by atoms with Gasteiger partial charge in [-0.25, -0.2) is 0 Å². The molecule has 0 aliphatic heterocycles. The minimum atomic E-state index is 0.215. The van der Waals surface area contributed by atoms with Gasteiger partial charge in [0.1, 0.15) is 0 Å².